The molecule has 5 nitrogen and oxygen atoms in total. The van der Waals surface area contributed by atoms with Gasteiger partial charge in [-0.1, -0.05) is 45.2 Å². The van der Waals surface area contributed by atoms with Gasteiger partial charge in [-0.25, -0.2) is 13.4 Å². The first-order valence-electron chi connectivity index (χ1n) is 9.90. The Labute approximate surface area is 200 Å². The van der Waals surface area contributed by atoms with Crippen LogP contribution in [0.5, 0.6) is 0 Å². The zero-order valence-electron chi connectivity index (χ0n) is 17.5. The van der Waals surface area contributed by atoms with E-state index in [1.165, 1.54) is 26.6 Å². The van der Waals surface area contributed by atoms with Gasteiger partial charge in [-0.2, -0.15) is 4.31 Å². The van der Waals surface area contributed by atoms with Gasteiger partial charge in [-0.05, 0) is 50.1 Å². The highest BCUT2D eigenvalue weighted by Gasteiger charge is 2.31. The maximum atomic E-state index is 13.0. The third-order valence-corrected chi connectivity index (χ3v) is 9.22. The standard InChI is InChI=1S/C22H23BrClN3O2S2/c1-14-10-15(2)21(16(3)11-14)19-13-30-22(25-19)26-6-8-27(9-7-26)31(28,29)20-5-4-17(23)12-18(20)24/h4-5,10-13H,6-9H2,1-3H3. The molecule has 4 rings (SSSR count). The van der Waals surface area contributed by atoms with Crippen LogP contribution in [0.3, 0.4) is 0 Å². The van der Waals surface area contributed by atoms with Crippen LogP contribution in [0.25, 0.3) is 11.3 Å². The van der Waals surface area contributed by atoms with Crippen LogP contribution >= 0.6 is 38.9 Å². The Morgan fingerprint density at radius 1 is 1.03 bits per heavy atom. The van der Waals surface area contributed by atoms with E-state index in [9.17, 15) is 8.42 Å². The minimum absolute atomic E-state index is 0.146. The van der Waals surface area contributed by atoms with Gasteiger partial charge in [0.15, 0.2) is 5.13 Å². The van der Waals surface area contributed by atoms with Crippen molar-refractivity contribution in [3.63, 3.8) is 0 Å². The molecule has 1 saturated heterocycles. The maximum Gasteiger partial charge on any atom is 0.244 e. The van der Waals surface area contributed by atoms with Gasteiger partial charge in [0.1, 0.15) is 4.90 Å². The van der Waals surface area contributed by atoms with Gasteiger partial charge in [-0.3, -0.25) is 0 Å². The second kappa shape index (κ2) is 8.83. The van der Waals surface area contributed by atoms with Crippen molar-refractivity contribution in [1.29, 1.82) is 0 Å². The zero-order chi connectivity index (χ0) is 22.3. The van der Waals surface area contributed by atoms with Gasteiger partial charge in [0, 0.05) is 41.6 Å². The first kappa shape index (κ1) is 22.7. The van der Waals surface area contributed by atoms with Crippen molar-refractivity contribution in [3.05, 3.63) is 61.9 Å². The summed E-state index contributed by atoms with van der Waals surface area (Å²) in [7, 11) is -3.63. The van der Waals surface area contributed by atoms with E-state index in [4.69, 9.17) is 16.6 Å². The molecule has 0 N–H and O–H groups in total. The largest absolute Gasteiger partial charge is 0.345 e. The van der Waals surface area contributed by atoms with Gasteiger partial charge < -0.3 is 4.90 Å². The first-order chi connectivity index (χ1) is 14.7. The summed E-state index contributed by atoms with van der Waals surface area (Å²) in [5, 5.41) is 3.24. The number of aromatic nitrogens is 1. The van der Waals surface area contributed by atoms with Gasteiger partial charge in [0.2, 0.25) is 10.0 Å². The van der Waals surface area contributed by atoms with Crippen LogP contribution in [0, 0.1) is 20.8 Å². The van der Waals surface area contributed by atoms with Gasteiger partial charge in [0.25, 0.3) is 0 Å². The number of aryl methyl sites for hydroxylation is 3. The maximum absolute atomic E-state index is 13.0. The Morgan fingerprint density at radius 2 is 1.68 bits per heavy atom. The van der Waals surface area contributed by atoms with Crippen molar-refractivity contribution in [3.8, 4) is 11.3 Å². The summed E-state index contributed by atoms with van der Waals surface area (Å²) in [4.78, 5) is 7.18. The number of thiazole rings is 1. The molecule has 0 spiro atoms. The monoisotopic (exact) mass is 539 g/mol. The predicted octanol–water partition coefficient (Wildman–Crippen LogP) is 5.66. The van der Waals surface area contributed by atoms with Crippen molar-refractivity contribution < 1.29 is 8.42 Å². The normalized spacial score (nSPS) is 15.5. The van der Waals surface area contributed by atoms with Crippen LogP contribution in [0.2, 0.25) is 5.02 Å². The number of benzene rings is 2. The average molecular weight is 541 g/mol. The van der Waals surface area contributed by atoms with Crippen LogP contribution in [-0.2, 0) is 10.0 Å². The zero-order valence-corrected chi connectivity index (χ0v) is 21.5. The summed E-state index contributed by atoms with van der Waals surface area (Å²) >= 11 is 11.1. The van der Waals surface area contributed by atoms with Crippen molar-refractivity contribution >= 4 is 54.0 Å². The quantitative estimate of drug-likeness (QED) is 0.428. The van der Waals surface area contributed by atoms with Gasteiger partial charge in [0.05, 0.1) is 10.7 Å². The van der Waals surface area contributed by atoms with Crippen molar-refractivity contribution in [2.24, 2.45) is 0 Å². The van der Waals surface area contributed by atoms with E-state index in [0.717, 1.165) is 15.3 Å². The smallest absolute Gasteiger partial charge is 0.244 e. The third-order valence-electron chi connectivity index (χ3n) is 5.45. The van der Waals surface area contributed by atoms with Crippen LogP contribution in [0.1, 0.15) is 16.7 Å². The number of halogens is 2. The molecule has 2 heterocycles. The van der Waals surface area contributed by atoms with E-state index in [-0.39, 0.29) is 9.92 Å². The average Bonchev–Trinajstić information content (AvgIpc) is 3.16. The van der Waals surface area contributed by atoms with E-state index in [2.05, 4.69) is 59.1 Å². The minimum atomic E-state index is -3.63. The molecule has 0 atom stereocenters. The van der Waals surface area contributed by atoms with Crippen LogP contribution in [0.15, 0.2) is 45.1 Å². The van der Waals surface area contributed by atoms with E-state index in [1.54, 1.807) is 29.5 Å². The fourth-order valence-electron chi connectivity index (χ4n) is 4.05. The van der Waals surface area contributed by atoms with Crippen molar-refractivity contribution in [2.75, 3.05) is 31.1 Å². The lowest BCUT2D eigenvalue weighted by Crippen LogP contribution is -2.48. The summed E-state index contributed by atoms with van der Waals surface area (Å²) in [6.45, 7) is 8.30. The summed E-state index contributed by atoms with van der Waals surface area (Å²) in [5.41, 5.74) is 5.84. The second-order valence-electron chi connectivity index (χ2n) is 7.75. The van der Waals surface area contributed by atoms with E-state index >= 15 is 0 Å². The summed E-state index contributed by atoms with van der Waals surface area (Å²) in [6, 6.07) is 9.21. The van der Waals surface area contributed by atoms with Crippen molar-refractivity contribution in [1.82, 2.24) is 9.29 Å². The molecule has 9 heteroatoms. The summed E-state index contributed by atoms with van der Waals surface area (Å²) < 4.78 is 28.3. The molecule has 0 bridgehead atoms. The summed E-state index contributed by atoms with van der Waals surface area (Å²) in [5.74, 6) is 0. The lowest BCUT2D eigenvalue weighted by Gasteiger charge is -2.34. The highest BCUT2D eigenvalue weighted by atomic mass is 79.9. The second-order valence-corrected chi connectivity index (χ2v) is 11.8. The molecule has 0 amide bonds. The Morgan fingerprint density at radius 3 is 2.29 bits per heavy atom. The number of hydrogen-bond donors (Lipinski definition) is 0. The topological polar surface area (TPSA) is 53.5 Å². The number of anilines is 1. The van der Waals surface area contributed by atoms with E-state index in [1.807, 2.05) is 0 Å². The lowest BCUT2D eigenvalue weighted by atomic mass is 9.98. The number of rotatable bonds is 4. The van der Waals surface area contributed by atoms with E-state index in [0.29, 0.717) is 26.2 Å². The highest BCUT2D eigenvalue weighted by Crippen LogP contribution is 2.33. The molecular weight excluding hydrogens is 518 g/mol. The molecule has 1 aliphatic heterocycles. The number of hydrogen-bond acceptors (Lipinski definition) is 5. The van der Waals surface area contributed by atoms with E-state index < -0.39 is 10.0 Å². The van der Waals surface area contributed by atoms with Gasteiger partial charge in [-0.15, -0.1) is 11.3 Å². The third kappa shape index (κ3) is 4.54. The lowest BCUT2D eigenvalue weighted by molar-refractivity contribution is 0.385. The SMILES string of the molecule is Cc1cc(C)c(-c2csc(N3CCN(S(=O)(=O)c4ccc(Br)cc4Cl)CC3)n2)c(C)c1. The molecule has 1 fully saturated rings. The Hall–Kier alpha value is -1.45. The summed E-state index contributed by atoms with van der Waals surface area (Å²) in [6.07, 6.45) is 0. The van der Waals surface area contributed by atoms with Gasteiger partial charge >= 0.3 is 0 Å². The molecule has 1 aromatic heterocycles. The van der Waals surface area contributed by atoms with Crippen LogP contribution in [0.4, 0.5) is 5.13 Å². The Balaban J connectivity index is 1.50. The minimum Gasteiger partial charge on any atom is -0.345 e. The number of sulfonamides is 1. The molecule has 0 radical (unpaired) electrons. The number of nitrogens with zero attached hydrogens (tertiary/aromatic N) is 3. The van der Waals surface area contributed by atoms with Crippen molar-refractivity contribution in [2.45, 2.75) is 25.7 Å². The Kier molecular flexibility index (Phi) is 6.47. The molecule has 3 aromatic rings. The molecule has 1 aliphatic rings. The number of piperazine rings is 1. The molecule has 2 aromatic carbocycles. The van der Waals surface area contributed by atoms with Crippen LogP contribution < -0.4 is 4.90 Å². The highest BCUT2D eigenvalue weighted by molar-refractivity contribution is 9.10. The molecular formula is C22H23BrClN3O2S2. The molecule has 164 valence electrons. The fourth-order valence-corrected chi connectivity index (χ4v) is 7.36. The Bertz CT molecular complexity index is 1210. The molecule has 31 heavy (non-hydrogen) atoms. The first-order valence-corrected chi connectivity index (χ1v) is 13.4. The molecule has 0 unspecified atom stereocenters. The predicted molar refractivity (Wildman–Crippen MR) is 132 cm³/mol. The molecule has 0 aliphatic carbocycles. The fraction of sp³-hybridized carbons (Fsp3) is 0.318. The van der Waals surface area contributed by atoms with Crippen LogP contribution in [-0.4, -0.2) is 43.9 Å². The molecule has 0 saturated carbocycles.